The van der Waals surface area contributed by atoms with E-state index in [-0.39, 0.29) is 11.9 Å². The molecular weight excluding hydrogens is 216 g/mol. The summed E-state index contributed by atoms with van der Waals surface area (Å²) in [4.78, 5) is 18.9. The van der Waals surface area contributed by atoms with E-state index in [1.807, 2.05) is 6.92 Å². The van der Waals surface area contributed by atoms with E-state index in [1.165, 1.54) is 6.33 Å². The van der Waals surface area contributed by atoms with Crippen LogP contribution in [-0.2, 0) is 4.79 Å². The third-order valence-corrected chi connectivity index (χ3v) is 2.72. The summed E-state index contributed by atoms with van der Waals surface area (Å²) in [6.45, 7) is 2.47. The number of hydrogen-bond acceptors (Lipinski definition) is 4. The van der Waals surface area contributed by atoms with Crippen LogP contribution in [0.2, 0.25) is 5.15 Å². The summed E-state index contributed by atoms with van der Waals surface area (Å²) >= 11 is 5.85. The van der Waals surface area contributed by atoms with E-state index < -0.39 is 0 Å². The Bertz CT molecular complexity index is 396. The minimum Gasteiger partial charge on any atom is -0.365 e. The maximum atomic E-state index is 11.0. The van der Waals surface area contributed by atoms with Crippen molar-refractivity contribution in [3.63, 3.8) is 0 Å². The van der Waals surface area contributed by atoms with E-state index >= 15 is 0 Å². The normalized spacial score (nSPS) is 20.1. The van der Waals surface area contributed by atoms with Crippen molar-refractivity contribution in [3.8, 4) is 0 Å². The van der Waals surface area contributed by atoms with Crippen LogP contribution in [0.4, 0.5) is 5.82 Å². The summed E-state index contributed by atoms with van der Waals surface area (Å²) < 4.78 is 0. The highest BCUT2D eigenvalue weighted by atomic mass is 35.5. The van der Waals surface area contributed by atoms with E-state index in [9.17, 15) is 4.79 Å². The lowest BCUT2D eigenvalue weighted by Gasteiger charge is -2.12. The first-order chi connectivity index (χ1) is 7.16. The molecule has 1 unspecified atom stereocenters. The first kappa shape index (κ1) is 10.2. The number of amides is 1. The van der Waals surface area contributed by atoms with Crippen molar-refractivity contribution in [2.75, 3.05) is 11.9 Å². The number of nitrogens with one attached hydrogen (secondary N) is 2. The number of rotatable bonds is 2. The minimum atomic E-state index is 0.0605. The van der Waals surface area contributed by atoms with Gasteiger partial charge in [-0.2, -0.15) is 0 Å². The van der Waals surface area contributed by atoms with Crippen molar-refractivity contribution in [2.24, 2.45) is 0 Å². The summed E-state index contributed by atoms with van der Waals surface area (Å²) in [6, 6.07) is 0.0853. The highest BCUT2D eigenvalue weighted by Crippen LogP contribution is 2.19. The van der Waals surface area contributed by atoms with Gasteiger partial charge >= 0.3 is 0 Å². The van der Waals surface area contributed by atoms with Gasteiger partial charge < -0.3 is 10.6 Å². The van der Waals surface area contributed by atoms with Gasteiger partial charge in [0.05, 0.1) is 6.04 Å². The van der Waals surface area contributed by atoms with Crippen LogP contribution in [0.5, 0.6) is 0 Å². The maximum Gasteiger partial charge on any atom is 0.222 e. The predicted octanol–water partition coefficient (Wildman–Crippen LogP) is 0.739. The second-order valence-corrected chi connectivity index (χ2v) is 3.85. The number of nitrogens with zero attached hydrogens (tertiary/aromatic N) is 2. The Kier molecular flexibility index (Phi) is 2.73. The molecule has 1 aliphatic rings. The molecule has 0 aliphatic carbocycles. The second kappa shape index (κ2) is 4.02. The van der Waals surface area contributed by atoms with Crippen molar-refractivity contribution < 1.29 is 4.79 Å². The minimum absolute atomic E-state index is 0.0605. The Morgan fingerprint density at radius 3 is 3.07 bits per heavy atom. The Morgan fingerprint density at radius 2 is 2.40 bits per heavy atom. The fourth-order valence-corrected chi connectivity index (χ4v) is 1.61. The van der Waals surface area contributed by atoms with Gasteiger partial charge in [0.2, 0.25) is 5.91 Å². The van der Waals surface area contributed by atoms with Gasteiger partial charge in [-0.3, -0.25) is 4.79 Å². The first-order valence-corrected chi connectivity index (χ1v) is 5.05. The van der Waals surface area contributed by atoms with Crippen molar-refractivity contribution in [1.82, 2.24) is 15.3 Å². The zero-order valence-corrected chi connectivity index (χ0v) is 9.01. The number of aromatic nitrogens is 2. The smallest absolute Gasteiger partial charge is 0.222 e. The molecule has 1 aliphatic heterocycles. The average molecular weight is 227 g/mol. The van der Waals surface area contributed by atoms with Crippen LogP contribution in [0.3, 0.4) is 0 Å². The van der Waals surface area contributed by atoms with Crippen LogP contribution < -0.4 is 10.6 Å². The van der Waals surface area contributed by atoms with Gasteiger partial charge in [-0.15, -0.1) is 0 Å². The van der Waals surface area contributed by atoms with Crippen LogP contribution in [0.1, 0.15) is 12.0 Å². The fraction of sp³-hybridized carbons (Fsp3) is 0.444. The van der Waals surface area contributed by atoms with Crippen LogP contribution in [0, 0.1) is 6.92 Å². The summed E-state index contributed by atoms with van der Waals surface area (Å²) in [5.74, 6) is 0.752. The van der Waals surface area contributed by atoms with Gasteiger partial charge in [-0.25, -0.2) is 9.97 Å². The van der Waals surface area contributed by atoms with Gasteiger partial charge in [-0.05, 0) is 6.92 Å². The molecule has 1 aromatic heterocycles. The van der Waals surface area contributed by atoms with E-state index in [2.05, 4.69) is 20.6 Å². The summed E-state index contributed by atoms with van der Waals surface area (Å²) in [5.41, 5.74) is 0.804. The molecule has 1 saturated heterocycles. The highest BCUT2D eigenvalue weighted by molar-refractivity contribution is 6.30. The SMILES string of the molecule is Cc1c(Cl)ncnc1NC1CNC(=O)C1. The fourth-order valence-electron chi connectivity index (χ4n) is 1.47. The number of carbonyl (C=O) groups excluding carboxylic acids is 1. The van der Waals surface area contributed by atoms with Crippen molar-refractivity contribution in [1.29, 1.82) is 0 Å². The van der Waals surface area contributed by atoms with Gasteiger partial charge in [0.1, 0.15) is 17.3 Å². The standard InChI is InChI=1S/C9H11ClN4O/c1-5-8(10)12-4-13-9(5)14-6-2-7(15)11-3-6/h4,6H,2-3H2,1H3,(H,11,15)(H,12,13,14). The summed E-state index contributed by atoms with van der Waals surface area (Å²) in [5, 5.41) is 6.34. The maximum absolute atomic E-state index is 11.0. The molecule has 80 valence electrons. The van der Waals surface area contributed by atoms with Crippen molar-refractivity contribution >= 4 is 23.3 Å². The number of hydrogen-bond donors (Lipinski definition) is 2. The lowest BCUT2D eigenvalue weighted by atomic mass is 10.2. The van der Waals surface area contributed by atoms with E-state index in [0.717, 1.165) is 5.56 Å². The second-order valence-electron chi connectivity index (χ2n) is 3.49. The number of carbonyl (C=O) groups is 1. The van der Waals surface area contributed by atoms with Crippen LogP contribution >= 0.6 is 11.6 Å². The van der Waals surface area contributed by atoms with Gasteiger partial charge in [0.15, 0.2) is 0 Å². The third kappa shape index (κ3) is 2.18. The molecule has 0 saturated carbocycles. The lowest BCUT2D eigenvalue weighted by molar-refractivity contribution is -0.119. The first-order valence-electron chi connectivity index (χ1n) is 4.67. The molecule has 1 fully saturated rings. The van der Waals surface area contributed by atoms with Crippen molar-refractivity contribution in [3.05, 3.63) is 17.0 Å². The summed E-state index contributed by atoms with van der Waals surface area (Å²) in [6.07, 6.45) is 1.88. The molecule has 1 aromatic rings. The molecule has 6 heteroatoms. The van der Waals surface area contributed by atoms with E-state index in [4.69, 9.17) is 11.6 Å². The monoisotopic (exact) mass is 226 g/mol. The van der Waals surface area contributed by atoms with Gasteiger partial charge in [0, 0.05) is 18.5 Å². The number of anilines is 1. The molecule has 2 heterocycles. The highest BCUT2D eigenvalue weighted by Gasteiger charge is 2.22. The van der Waals surface area contributed by atoms with Gasteiger partial charge in [0.25, 0.3) is 0 Å². The quantitative estimate of drug-likeness (QED) is 0.730. The molecule has 0 spiro atoms. The Morgan fingerprint density at radius 1 is 1.60 bits per heavy atom. The number of halogens is 1. The Labute approximate surface area is 92.3 Å². The zero-order chi connectivity index (χ0) is 10.8. The van der Waals surface area contributed by atoms with E-state index in [1.54, 1.807) is 0 Å². The van der Waals surface area contributed by atoms with Crippen molar-refractivity contribution in [2.45, 2.75) is 19.4 Å². The molecule has 0 aromatic carbocycles. The molecule has 2 rings (SSSR count). The van der Waals surface area contributed by atoms with Crippen LogP contribution in [0.15, 0.2) is 6.33 Å². The Balaban J connectivity index is 2.11. The zero-order valence-electron chi connectivity index (χ0n) is 8.25. The molecule has 0 radical (unpaired) electrons. The molecule has 1 atom stereocenters. The average Bonchev–Trinajstić information content (AvgIpc) is 2.59. The molecule has 15 heavy (non-hydrogen) atoms. The molecule has 1 amide bonds. The largest absolute Gasteiger partial charge is 0.365 e. The van der Waals surface area contributed by atoms with Gasteiger partial charge in [-0.1, -0.05) is 11.6 Å². The molecule has 2 N–H and O–H groups in total. The predicted molar refractivity (Wildman–Crippen MR) is 56.8 cm³/mol. The molecule has 5 nitrogen and oxygen atoms in total. The van der Waals surface area contributed by atoms with E-state index in [0.29, 0.717) is 23.9 Å². The third-order valence-electron chi connectivity index (χ3n) is 2.34. The Hall–Kier alpha value is -1.36. The van der Waals surface area contributed by atoms with Crippen LogP contribution in [0.25, 0.3) is 0 Å². The van der Waals surface area contributed by atoms with Crippen LogP contribution in [-0.4, -0.2) is 28.5 Å². The lowest BCUT2D eigenvalue weighted by Crippen LogP contribution is -2.23. The molecular formula is C9H11ClN4O. The summed E-state index contributed by atoms with van der Waals surface area (Å²) in [7, 11) is 0. The molecule has 0 bridgehead atoms. The topological polar surface area (TPSA) is 66.9 Å².